The number of rotatable bonds is 30. The maximum Gasteiger partial charge on any atom is 0.367 e. The first-order valence-corrected chi connectivity index (χ1v) is 13.4. The molecule has 1 atom stereocenters. The number of methoxy groups -OCH3 is 1. The molecule has 0 saturated carbocycles. The zero-order valence-electron chi connectivity index (χ0n) is 22.0. The fourth-order valence-corrected chi connectivity index (χ4v) is 2.83. The van der Waals surface area contributed by atoms with Gasteiger partial charge in [0.05, 0.1) is 125 Å². The summed E-state index contributed by atoms with van der Waals surface area (Å²) in [5, 5.41) is 17.3. The van der Waals surface area contributed by atoms with E-state index in [1.807, 2.05) is 0 Å². The fraction of sp³-hybridized carbons (Fsp3) is 0.957. The molecule has 0 fully saturated rings. The lowest BCUT2D eigenvalue weighted by atomic mass is 10.4. The molecule has 0 aliphatic rings. The first-order valence-electron chi connectivity index (χ1n) is 12.4. The number of hydrogen-bond donors (Lipinski definition) is 2. The molecular formula is C23H46O13S. The highest BCUT2D eigenvalue weighted by atomic mass is 32.2. The molecule has 0 amide bonds. The van der Waals surface area contributed by atoms with Gasteiger partial charge in [0.1, 0.15) is 6.61 Å². The number of carbonyl (C=O) groups excluding carboxylic acids is 1. The number of thioether (sulfide) groups is 1. The number of aliphatic hydroxyl groups is 2. The Hall–Kier alpha value is -0.620. The van der Waals surface area contributed by atoms with Crippen LogP contribution in [0, 0.1) is 0 Å². The lowest BCUT2D eigenvalue weighted by Crippen LogP contribution is -2.17. The van der Waals surface area contributed by atoms with Crippen molar-refractivity contribution in [1.82, 2.24) is 0 Å². The number of hydrogen-bond acceptors (Lipinski definition) is 14. The summed E-state index contributed by atoms with van der Waals surface area (Å²) >= 11 is 0.810. The zero-order chi connectivity index (χ0) is 27.1. The third kappa shape index (κ3) is 31.5. The van der Waals surface area contributed by atoms with Gasteiger partial charge in [-0.3, -0.25) is 0 Å². The minimum Gasteiger partial charge on any atom is -0.455 e. The van der Waals surface area contributed by atoms with E-state index in [1.165, 1.54) is 0 Å². The molecule has 0 saturated heterocycles. The van der Waals surface area contributed by atoms with Crippen molar-refractivity contribution in [1.29, 1.82) is 0 Å². The Morgan fingerprint density at radius 1 is 0.568 bits per heavy atom. The molecule has 0 aromatic rings. The monoisotopic (exact) mass is 562 g/mol. The van der Waals surface area contributed by atoms with Crippen molar-refractivity contribution >= 4 is 17.1 Å². The molecule has 0 aromatic carbocycles. The van der Waals surface area contributed by atoms with E-state index in [0.29, 0.717) is 106 Å². The summed E-state index contributed by atoms with van der Waals surface area (Å²) in [5.74, 6) is 0.0914. The van der Waals surface area contributed by atoms with Crippen LogP contribution in [0.4, 0.5) is 4.79 Å². The quantitative estimate of drug-likeness (QED) is 0.0892. The zero-order valence-corrected chi connectivity index (χ0v) is 22.8. The summed E-state index contributed by atoms with van der Waals surface area (Å²) < 4.78 is 52.7. The third-order valence-corrected chi connectivity index (χ3v) is 4.99. The first-order chi connectivity index (χ1) is 18.2. The van der Waals surface area contributed by atoms with E-state index >= 15 is 0 Å². The Labute approximate surface area is 224 Å². The topological polar surface area (TPSA) is 150 Å². The number of ether oxygens (including phenoxy) is 10. The molecular weight excluding hydrogens is 516 g/mol. The van der Waals surface area contributed by atoms with Crippen molar-refractivity contribution in [2.24, 2.45) is 0 Å². The standard InChI is InChI=1S/C23H46O13S/c1-27-2-3-28-4-5-29-6-7-30-8-9-31-10-11-32-12-13-33-14-15-34-16-17-35-18-19-36-23(26)37-21-22(25)20-24/h22,24-25H,2-21H2,1H3. The van der Waals surface area contributed by atoms with Gasteiger partial charge in [0.2, 0.25) is 0 Å². The second-order valence-corrected chi connectivity index (χ2v) is 8.09. The molecule has 0 rings (SSSR count). The van der Waals surface area contributed by atoms with E-state index in [-0.39, 0.29) is 25.6 Å². The van der Waals surface area contributed by atoms with Gasteiger partial charge in [-0.1, -0.05) is 0 Å². The molecule has 0 radical (unpaired) electrons. The van der Waals surface area contributed by atoms with Gasteiger partial charge >= 0.3 is 5.30 Å². The average molecular weight is 563 g/mol. The van der Waals surface area contributed by atoms with Gasteiger partial charge in [-0.2, -0.15) is 0 Å². The van der Waals surface area contributed by atoms with E-state index in [4.69, 9.17) is 57.6 Å². The third-order valence-electron chi connectivity index (χ3n) is 4.09. The van der Waals surface area contributed by atoms with E-state index in [0.717, 1.165) is 11.8 Å². The summed E-state index contributed by atoms with van der Waals surface area (Å²) in [4.78, 5) is 11.3. The normalized spacial score (nSPS) is 12.2. The Bertz CT molecular complexity index is 462. The minimum atomic E-state index is -0.932. The van der Waals surface area contributed by atoms with Crippen LogP contribution in [0.15, 0.2) is 0 Å². The van der Waals surface area contributed by atoms with E-state index in [1.54, 1.807) is 7.11 Å². The van der Waals surface area contributed by atoms with Crippen LogP contribution in [0.2, 0.25) is 0 Å². The van der Waals surface area contributed by atoms with Crippen LogP contribution >= 0.6 is 11.8 Å². The molecule has 0 heterocycles. The SMILES string of the molecule is COCCOCCOCCOCCOCCOCCOCCOCCOCCOC(=O)SCC(O)CO. The lowest BCUT2D eigenvalue weighted by molar-refractivity contribution is -0.0249. The molecule has 1 unspecified atom stereocenters. The maximum absolute atomic E-state index is 11.3. The summed E-state index contributed by atoms with van der Waals surface area (Å²) in [5.41, 5.74) is 0. The highest BCUT2D eigenvalue weighted by molar-refractivity contribution is 8.13. The molecule has 2 N–H and O–H groups in total. The van der Waals surface area contributed by atoms with Crippen molar-refractivity contribution in [3.63, 3.8) is 0 Å². The summed E-state index contributed by atoms with van der Waals surface area (Å²) in [6.45, 7) is 7.89. The molecule has 37 heavy (non-hydrogen) atoms. The predicted molar refractivity (Wildman–Crippen MR) is 135 cm³/mol. The van der Waals surface area contributed by atoms with Gasteiger partial charge in [0, 0.05) is 12.9 Å². The largest absolute Gasteiger partial charge is 0.455 e. The van der Waals surface area contributed by atoms with Gasteiger partial charge in [-0.25, -0.2) is 4.79 Å². The van der Waals surface area contributed by atoms with Crippen LogP contribution in [0.5, 0.6) is 0 Å². The average Bonchev–Trinajstić information content (AvgIpc) is 2.91. The van der Waals surface area contributed by atoms with E-state index in [2.05, 4.69) is 0 Å². The number of aliphatic hydroxyl groups excluding tert-OH is 2. The molecule has 14 heteroatoms. The van der Waals surface area contributed by atoms with Crippen molar-refractivity contribution in [2.45, 2.75) is 6.10 Å². The van der Waals surface area contributed by atoms with Gasteiger partial charge in [0.25, 0.3) is 0 Å². The van der Waals surface area contributed by atoms with Crippen molar-refractivity contribution < 1.29 is 62.4 Å². The van der Waals surface area contributed by atoms with Crippen molar-refractivity contribution in [3.8, 4) is 0 Å². The highest BCUT2D eigenvalue weighted by Gasteiger charge is 2.08. The van der Waals surface area contributed by atoms with Crippen LogP contribution in [-0.4, -0.2) is 160 Å². The Morgan fingerprint density at radius 3 is 1.16 bits per heavy atom. The van der Waals surface area contributed by atoms with Gasteiger partial charge in [0.15, 0.2) is 0 Å². The Morgan fingerprint density at radius 2 is 0.865 bits per heavy atom. The smallest absolute Gasteiger partial charge is 0.367 e. The fourth-order valence-electron chi connectivity index (χ4n) is 2.23. The summed E-state index contributed by atoms with van der Waals surface area (Å²) in [6, 6.07) is 0. The lowest BCUT2D eigenvalue weighted by Gasteiger charge is -2.09. The van der Waals surface area contributed by atoms with Crippen LogP contribution in [0.3, 0.4) is 0 Å². The molecule has 0 aliphatic heterocycles. The molecule has 0 aliphatic carbocycles. The first kappa shape index (κ1) is 36.4. The molecule has 222 valence electrons. The molecule has 0 spiro atoms. The minimum absolute atomic E-state index is 0.0914. The molecule has 0 bridgehead atoms. The summed E-state index contributed by atoms with van der Waals surface area (Å²) in [6.07, 6.45) is -0.932. The second-order valence-electron chi connectivity index (χ2n) is 7.14. The van der Waals surface area contributed by atoms with Crippen molar-refractivity contribution in [3.05, 3.63) is 0 Å². The van der Waals surface area contributed by atoms with Crippen LogP contribution in [-0.2, 0) is 47.4 Å². The molecule has 13 nitrogen and oxygen atoms in total. The van der Waals surface area contributed by atoms with Crippen LogP contribution < -0.4 is 0 Å². The van der Waals surface area contributed by atoms with Gasteiger partial charge in [-0.05, 0) is 11.8 Å². The molecule has 0 aromatic heterocycles. The van der Waals surface area contributed by atoms with Crippen LogP contribution in [0.25, 0.3) is 0 Å². The van der Waals surface area contributed by atoms with Gasteiger partial charge in [-0.15, -0.1) is 0 Å². The Balaban J connectivity index is 3.09. The Kier molecular flexibility index (Phi) is 31.1. The van der Waals surface area contributed by atoms with Gasteiger partial charge < -0.3 is 57.6 Å². The summed E-state index contributed by atoms with van der Waals surface area (Å²) in [7, 11) is 1.64. The number of carbonyl (C=O) groups is 1. The second kappa shape index (κ2) is 31.6. The van der Waals surface area contributed by atoms with Crippen molar-refractivity contribution in [2.75, 3.05) is 138 Å². The maximum atomic E-state index is 11.3. The van der Waals surface area contributed by atoms with Crippen LogP contribution in [0.1, 0.15) is 0 Å². The van der Waals surface area contributed by atoms with E-state index < -0.39 is 11.4 Å². The predicted octanol–water partition coefficient (Wildman–Crippen LogP) is -0.0114. The van der Waals surface area contributed by atoms with E-state index in [9.17, 15) is 4.79 Å². The highest BCUT2D eigenvalue weighted by Crippen LogP contribution is 2.06.